The van der Waals surface area contributed by atoms with Crippen LogP contribution < -0.4 is 16.0 Å². The van der Waals surface area contributed by atoms with E-state index in [0.29, 0.717) is 25.2 Å². The zero-order valence-corrected chi connectivity index (χ0v) is 15.5. The Morgan fingerprint density at radius 2 is 1.95 bits per heavy atom. The third-order valence-electron chi connectivity index (χ3n) is 2.70. The van der Waals surface area contributed by atoms with Gasteiger partial charge in [0.15, 0.2) is 5.96 Å². The van der Waals surface area contributed by atoms with Gasteiger partial charge >= 0.3 is 0 Å². The molecule has 0 aliphatic heterocycles. The molecule has 0 saturated heterocycles. The van der Waals surface area contributed by atoms with Crippen molar-refractivity contribution in [3.63, 3.8) is 0 Å². The fraction of sp³-hybridized carbons (Fsp3) is 0.375. The maximum Gasteiger partial charge on any atom is 0.251 e. The van der Waals surface area contributed by atoms with E-state index in [1.165, 1.54) is 0 Å². The van der Waals surface area contributed by atoms with Crippen LogP contribution >= 0.6 is 24.0 Å². The Hall–Kier alpha value is -1.57. The van der Waals surface area contributed by atoms with Crippen molar-refractivity contribution in [1.82, 2.24) is 16.0 Å². The van der Waals surface area contributed by atoms with Gasteiger partial charge < -0.3 is 16.0 Å². The molecule has 1 amide bonds. The second-order valence-corrected chi connectivity index (χ2v) is 4.42. The van der Waals surface area contributed by atoms with Crippen LogP contribution in [-0.2, 0) is 6.54 Å². The Morgan fingerprint density at radius 3 is 2.59 bits per heavy atom. The lowest BCUT2D eigenvalue weighted by Crippen LogP contribution is -2.37. The quantitative estimate of drug-likeness (QED) is 0.277. The number of halogens is 1. The summed E-state index contributed by atoms with van der Waals surface area (Å²) in [5.41, 5.74) is 1.66. The van der Waals surface area contributed by atoms with E-state index in [-0.39, 0.29) is 29.9 Å². The fourth-order valence-corrected chi connectivity index (χ4v) is 1.75. The number of hydrogen-bond acceptors (Lipinski definition) is 2. The van der Waals surface area contributed by atoms with Crippen LogP contribution in [0.25, 0.3) is 0 Å². The molecule has 0 unspecified atom stereocenters. The first-order valence-electron chi connectivity index (χ1n) is 7.21. The van der Waals surface area contributed by atoms with Gasteiger partial charge in [-0.3, -0.25) is 4.79 Å². The topological polar surface area (TPSA) is 65.5 Å². The SMILES string of the molecule is C=CCNC(=NCc1cccc(C(=O)NCC)c1)NCC.I. The van der Waals surface area contributed by atoms with Gasteiger partial charge in [-0.05, 0) is 31.5 Å². The molecule has 0 aromatic heterocycles. The van der Waals surface area contributed by atoms with Gasteiger partial charge in [0.05, 0.1) is 6.54 Å². The first-order chi connectivity index (χ1) is 10.2. The highest BCUT2D eigenvalue weighted by molar-refractivity contribution is 14.0. The lowest BCUT2D eigenvalue weighted by Gasteiger charge is -2.09. The Labute approximate surface area is 149 Å². The van der Waals surface area contributed by atoms with Crippen LogP contribution in [0.4, 0.5) is 0 Å². The number of benzene rings is 1. The molecule has 0 saturated carbocycles. The molecule has 1 rings (SSSR count). The van der Waals surface area contributed by atoms with Crippen molar-refractivity contribution in [3.8, 4) is 0 Å². The summed E-state index contributed by atoms with van der Waals surface area (Å²) < 4.78 is 0. The van der Waals surface area contributed by atoms with Gasteiger partial charge in [-0.15, -0.1) is 30.6 Å². The molecule has 22 heavy (non-hydrogen) atoms. The summed E-state index contributed by atoms with van der Waals surface area (Å²) in [6, 6.07) is 7.51. The largest absolute Gasteiger partial charge is 0.357 e. The predicted molar refractivity (Wildman–Crippen MR) is 103 cm³/mol. The van der Waals surface area contributed by atoms with Crippen LogP contribution in [0.3, 0.4) is 0 Å². The van der Waals surface area contributed by atoms with Gasteiger partial charge in [-0.2, -0.15) is 0 Å². The van der Waals surface area contributed by atoms with Crippen molar-refractivity contribution < 1.29 is 4.79 Å². The molecule has 0 heterocycles. The van der Waals surface area contributed by atoms with E-state index in [2.05, 4.69) is 27.5 Å². The number of carbonyl (C=O) groups is 1. The van der Waals surface area contributed by atoms with Crippen molar-refractivity contribution >= 4 is 35.8 Å². The monoisotopic (exact) mass is 416 g/mol. The minimum Gasteiger partial charge on any atom is -0.357 e. The lowest BCUT2D eigenvalue weighted by atomic mass is 10.1. The van der Waals surface area contributed by atoms with E-state index in [1.807, 2.05) is 32.0 Å². The van der Waals surface area contributed by atoms with Crippen LogP contribution in [0, 0.1) is 0 Å². The third-order valence-corrected chi connectivity index (χ3v) is 2.70. The summed E-state index contributed by atoms with van der Waals surface area (Å²) in [6.45, 7) is 10.2. The Bertz CT molecular complexity index is 503. The van der Waals surface area contributed by atoms with Gasteiger partial charge in [0.25, 0.3) is 5.91 Å². The summed E-state index contributed by atoms with van der Waals surface area (Å²) in [5.74, 6) is 0.681. The van der Waals surface area contributed by atoms with E-state index >= 15 is 0 Å². The Kier molecular flexibility index (Phi) is 11.2. The molecule has 1 aromatic rings. The van der Waals surface area contributed by atoms with Crippen molar-refractivity contribution in [1.29, 1.82) is 0 Å². The van der Waals surface area contributed by atoms with E-state index in [4.69, 9.17) is 0 Å². The molecule has 3 N–H and O–H groups in total. The van der Waals surface area contributed by atoms with E-state index in [9.17, 15) is 4.79 Å². The number of aliphatic imine (C=N–C) groups is 1. The highest BCUT2D eigenvalue weighted by atomic mass is 127. The number of amides is 1. The highest BCUT2D eigenvalue weighted by Gasteiger charge is 2.04. The molecule has 0 radical (unpaired) electrons. The van der Waals surface area contributed by atoms with Gasteiger partial charge in [-0.25, -0.2) is 4.99 Å². The molecule has 5 nitrogen and oxygen atoms in total. The number of carbonyl (C=O) groups excluding carboxylic acids is 1. The van der Waals surface area contributed by atoms with Crippen molar-refractivity contribution in [2.75, 3.05) is 19.6 Å². The molecule has 0 atom stereocenters. The van der Waals surface area contributed by atoms with Gasteiger partial charge in [-0.1, -0.05) is 18.2 Å². The van der Waals surface area contributed by atoms with E-state index in [1.54, 1.807) is 12.1 Å². The average molecular weight is 416 g/mol. The lowest BCUT2D eigenvalue weighted by molar-refractivity contribution is 0.0955. The van der Waals surface area contributed by atoms with Gasteiger partial charge in [0.2, 0.25) is 0 Å². The van der Waals surface area contributed by atoms with Crippen molar-refractivity contribution in [3.05, 3.63) is 48.0 Å². The third kappa shape index (κ3) is 7.44. The van der Waals surface area contributed by atoms with Crippen LogP contribution in [0.15, 0.2) is 41.9 Å². The zero-order valence-electron chi connectivity index (χ0n) is 13.2. The van der Waals surface area contributed by atoms with E-state index in [0.717, 1.165) is 18.1 Å². The molecule has 6 heteroatoms. The highest BCUT2D eigenvalue weighted by Crippen LogP contribution is 2.06. The van der Waals surface area contributed by atoms with E-state index < -0.39 is 0 Å². The van der Waals surface area contributed by atoms with Crippen molar-refractivity contribution in [2.24, 2.45) is 4.99 Å². The summed E-state index contributed by atoms with van der Waals surface area (Å²) in [6.07, 6.45) is 1.78. The normalized spacial score (nSPS) is 10.4. The van der Waals surface area contributed by atoms with Crippen LogP contribution in [0.2, 0.25) is 0 Å². The number of hydrogen-bond donors (Lipinski definition) is 3. The molecule has 0 aliphatic rings. The second-order valence-electron chi connectivity index (χ2n) is 4.42. The summed E-state index contributed by atoms with van der Waals surface area (Å²) in [4.78, 5) is 16.3. The summed E-state index contributed by atoms with van der Waals surface area (Å²) in [7, 11) is 0. The molecule has 1 aromatic carbocycles. The molecule has 0 fully saturated rings. The molecule has 0 bridgehead atoms. The van der Waals surface area contributed by atoms with Crippen molar-refractivity contribution in [2.45, 2.75) is 20.4 Å². The molecule has 0 spiro atoms. The molecular formula is C16H25IN4O. The average Bonchev–Trinajstić information content (AvgIpc) is 2.50. The minimum atomic E-state index is -0.0555. The molecule has 0 aliphatic carbocycles. The molecule has 122 valence electrons. The Morgan fingerprint density at radius 1 is 1.23 bits per heavy atom. The first-order valence-corrected chi connectivity index (χ1v) is 7.21. The molecular weight excluding hydrogens is 391 g/mol. The maximum atomic E-state index is 11.8. The minimum absolute atomic E-state index is 0. The number of rotatable bonds is 7. The predicted octanol–water partition coefficient (Wildman–Crippen LogP) is 2.30. The smallest absolute Gasteiger partial charge is 0.251 e. The zero-order chi connectivity index (χ0) is 15.5. The first kappa shape index (κ1) is 20.4. The standard InChI is InChI=1S/C16H24N4O.HI/c1-4-10-19-16(18-6-3)20-12-13-8-7-9-14(11-13)15(21)17-5-2;/h4,7-9,11H,1,5-6,10,12H2,2-3H3,(H,17,21)(H2,18,19,20);1H. The fourth-order valence-electron chi connectivity index (χ4n) is 1.75. The Balaban J connectivity index is 0.00000441. The van der Waals surface area contributed by atoms with Gasteiger partial charge in [0.1, 0.15) is 0 Å². The van der Waals surface area contributed by atoms with Crippen LogP contribution in [0.5, 0.6) is 0 Å². The summed E-state index contributed by atoms with van der Waals surface area (Å²) >= 11 is 0. The second kappa shape index (κ2) is 12.0. The summed E-state index contributed by atoms with van der Waals surface area (Å²) in [5, 5.41) is 9.09. The van der Waals surface area contributed by atoms with Gasteiger partial charge in [0, 0.05) is 25.2 Å². The van der Waals surface area contributed by atoms with Crippen LogP contribution in [-0.4, -0.2) is 31.5 Å². The maximum absolute atomic E-state index is 11.8. The number of nitrogens with one attached hydrogen (secondary N) is 3. The van der Waals surface area contributed by atoms with Crippen LogP contribution in [0.1, 0.15) is 29.8 Å². The number of guanidine groups is 1. The number of nitrogens with zero attached hydrogens (tertiary/aromatic N) is 1.